The summed E-state index contributed by atoms with van der Waals surface area (Å²) in [5.41, 5.74) is 0. The zero-order valence-electron chi connectivity index (χ0n) is 9.99. The lowest BCUT2D eigenvalue weighted by Crippen LogP contribution is -2.32. The van der Waals surface area contributed by atoms with Gasteiger partial charge in [0.05, 0.1) is 12.1 Å². The van der Waals surface area contributed by atoms with E-state index in [9.17, 15) is 5.11 Å². The first kappa shape index (κ1) is 12.8. The molecule has 0 saturated heterocycles. The van der Waals surface area contributed by atoms with Crippen LogP contribution in [0.15, 0.2) is 10.7 Å². The van der Waals surface area contributed by atoms with Gasteiger partial charge in [0.2, 0.25) is 0 Å². The highest BCUT2D eigenvalue weighted by Crippen LogP contribution is 2.22. The van der Waals surface area contributed by atoms with Crippen LogP contribution in [0.3, 0.4) is 0 Å². The summed E-state index contributed by atoms with van der Waals surface area (Å²) in [6.07, 6.45) is 5.10. The van der Waals surface area contributed by atoms with E-state index in [2.05, 4.69) is 31.2 Å². The molecule has 0 aliphatic heterocycles. The Labute approximate surface area is 110 Å². The number of nitrogens with zero attached hydrogens (tertiary/aromatic N) is 2. The number of hydrogen-bond acceptors (Lipinski definition) is 4. The van der Waals surface area contributed by atoms with E-state index in [0.29, 0.717) is 0 Å². The number of aliphatic hydroxyl groups is 1. The fourth-order valence-electron chi connectivity index (χ4n) is 2.25. The van der Waals surface area contributed by atoms with Crippen molar-refractivity contribution < 1.29 is 5.11 Å². The number of aryl methyl sites for hydroxylation is 1. The molecule has 2 unspecified atom stereocenters. The van der Waals surface area contributed by atoms with E-state index in [1.807, 2.05) is 13.0 Å². The van der Waals surface area contributed by atoms with Crippen LogP contribution in [0.2, 0.25) is 0 Å². The van der Waals surface area contributed by atoms with Gasteiger partial charge in [-0.2, -0.15) is 0 Å². The van der Waals surface area contributed by atoms with Crippen LogP contribution < -0.4 is 5.32 Å². The van der Waals surface area contributed by atoms with E-state index in [4.69, 9.17) is 0 Å². The van der Waals surface area contributed by atoms with Crippen LogP contribution in [0.5, 0.6) is 0 Å². The molecule has 0 spiro atoms. The van der Waals surface area contributed by atoms with Crippen molar-refractivity contribution in [3.05, 3.63) is 16.5 Å². The number of nitrogens with one attached hydrogen (secondary N) is 1. The first-order valence-corrected chi connectivity index (χ1v) is 6.90. The average Bonchev–Trinajstić information content (AvgIpc) is 2.43. The third-order valence-electron chi connectivity index (χ3n) is 3.12. The number of aliphatic hydroxyl groups excluding tert-OH is 1. The summed E-state index contributed by atoms with van der Waals surface area (Å²) in [6, 6.07) is 1.96. The number of hydrogen-bond donors (Lipinski definition) is 2. The molecule has 2 rings (SSSR count). The highest BCUT2D eigenvalue weighted by molar-refractivity contribution is 9.10. The maximum atomic E-state index is 10.0. The van der Waals surface area contributed by atoms with Gasteiger partial charge in [-0.15, -0.1) is 0 Å². The van der Waals surface area contributed by atoms with Crippen LogP contribution >= 0.6 is 15.9 Å². The summed E-state index contributed by atoms with van der Waals surface area (Å²) in [5.74, 6) is 1.51. The molecule has 1 aromatic rings. The standard InChI is InChI=1S/C12H18BrN3O/c1-8-14-11(13)7-12(15-8)16-9-5-3-2-4-6-10(9)17/h7,9-10,17H,2-6H2,1H3,(H,14,15,16). The maximum absolute atomic E-state index is 10.0. The Bertz CT molecular complexity index is 366. The molecule has 5 heteroatoms. The molecule has 1 heterocycles. The molecule has 1 fully saturated rings. The third-order valence-corrected chi connectivity index (χ3v) is 3.53. The minimum atomic E-state index is -0.272. The number of rotatable bonds is 2. The van der Waals surface area contributed by atoms with Crippen molar-refractivity contribution in [1.29, 1.82) is 0 Å². The first-order chi connectivity index (χ1) is 8.15. The molecular weight excluding hydrogens is 282 g/mol. The predicted molar refractivity (Wildman–Crippen MR) is 71.0 cm³/mol. The lowest BCUT2D eigenvalue weighted by Gasteiger charge is -2.22. The molecule has 0 aromatic carbocycles. The minimum absolute atomic E-state index is 0.110. The lowest BCUT2D eigenvalue weighted by molar-refractivity contribution is 0.144. The Morgan fingerprint density at radius 3 is 2.82 bits per heavy atom. The van der Waals surface area contributed by atoms with Crippen LogP contribution in [-0.2, 0) is 0 Å². The zero-order valence-corrected chi connectivity index (χ0v) is 11.6. The molecule has 94 valence electrons. The van der Waals surface area contributed by atoms with E-state index in [1.54, 1.807) is 0 Å². The molecule has 17 heavy (non-hydrogen) atoms. The van der Waals surface area contributed by atoms with Crippen LogP contribution in [0.1, 0.15) is 37.9 Å². The molecule has 1 saturated carbocycles. The Morgan fingerprint density at radius 1 is 1.29 bits per heavy atom. The molecule has 4 nitrogen and oxygen atoms in total. The molecule has 2 N–H and O–H groups in total. The Balaban J connectivity index is 2.07. The first-order valence-electron chi connectivity index (χ1n) is 6.11. The van der Waals surface area contributed by atoms with E-state index < -0.39 is 0 Å². The van der Waals surface area contributed by atoms with Gasteiger partial charge in [-0.1, -0.05) is 19.3 Å². The fourth-order valence-corrected chi connectivity index (χ4v) is 2.73. The highest BCUT2D eigenvalue weighted by Gasteiger charge is 2.21. The van der Waals surface area contributed by atoms with Gasteiger partial charge in [0, 0.05) is 6.07 Å². The van der Waals surface area contributed by atoms with Crippen molar-refractivity contribution in [1.82, 2.24) is 9.97 Å². The number of anilines is 1. The van der Waals surface area contributed by atoms with Crippen molar-refractivity contribution in [2.45, 2.75) is 51.2 Å². The molecule has 1 aliphatic carbocycles. The summed E-state index contributed by atoms with van der Waals surface area (Å²) in [4.78, 5) is 8.50. The SMILES string of the molecule is Cc1nc(Br)cc(NC2CCCCCC2O)n1. The van der Waals surface area contributed by atoms with Gasteiger partial charge in [-0.25, -0.2) is 9.97 Å². The molecule has 1 aliphatic rings. The number of halogens is 1. The van der Waals surface area contributed by atoms with Gasteiger partial charge in [-0.3, -0.25) is 0 Å². The Morgan fingerprint density at radius 2 is 2.06 bits per heavy atom. The normalized spacial score (nSPS) is 25.4. The van der Waals surface area contributed by atoms with Crippen molar-refractivity contribution in [3.63, 3.8) is 0 Å². The van der Waals surface area contributed by atoms with Crippen molar-refractivity contribution >= 4 is 21.7 Å². The van der Waals surface area contributed by atoms with Gasteiger partial charge >= 0.3 is 0 Å². The minimum Gasteiger partial charge on any atom is -0.391 e. The molecular formula is C12H18BrN3O. The van der Waals surface area contributed by atoms with Crippen molar-refractivity contribution in [2.75, 3.05) is 5.32 Å². The van der Waals surface area contributed by atoms with Gasteiger partial charge in [0.25, 0.3) is 0 Å². The van der Waals surface area contributed by atoms with Crippen LogP contribution in [0.4, 0.5) is 5.82 Å². The van der Waals surface area contributed by atoms with E-state index in [-0.39, 0.29) is 12.1 Å². The Hall–Kier alpha value is -0.680. The average molecular weight is 300 g/mol. The summed E-state index contributed by atoms with van der Waals surface area (Å²) >= 11 is 3.35. The molecule has 1 aromatic heterocycles. The number of aromatic nitrogens is 2. The molecule has 0 radical (unpaired) electrons. The second-order valence-corrected chi connectivity index (χ2v) is 5.39. The largest absolute Gasteiger partial charge is 0.391 e. The maximum Gasteiger partial charge on any atom is 0.131 e. The predicted octanol–water partition coefficient (Wildman–Crippen LogP) is 2.65. The second-order valence-electron chi connectivity index (χ2n) is 4.58. The summed E-state index contributed by atoms with van der Waals surface area (Å²) < 4.78 is 0.774. The van der Waals surface area contributed by atoms with Gasteiger partial charge in [0.15, 0.2) is 0 Å². The van der Waals surface area contributed by atoms with Crippen molar-refractivity contribution in [3.8, 4) is 0 Å². The van der Waals surface area contributed by atoms with Crippen LogP contribution in [-0.4, -0.2) is 27.2 Å². The van der Waals surface area contributed by atoms with E-state index >= 15 is 0 Å². The fraction of sp³-hybridized carbons (Fsp3) is 0.667. The molecule has 0 bridgehead atoms. The summed E-state index contributed by atoms with van der Waals surface area (Å²) in [7, 11) is 0. The van der Waals surface area contributed by atoms with Crippen molar-refractivity contribution in [2.24, 2.45) is 0 Å². The quantitative estimate of drug-likeness (QED) is 0.651. The highest BCUT2D eigenvalue weighted by atomic mass is 79.9. The van der Waals surface area contributed by atoms with Gasteiger partial charge in [0.1, 0.15) is 16.2 Å². The smallest absolute Gasteiger partial charge is 0.131 e. The molecule has 0 amide bonds. The Kier molecular flexibility index (Phi) is 4.34. The second kappa shape index (κ2) is 5.78. The zero-order chi connectivity index (χ0) is 12.3. The third kappa shape index (κ3) is 3.64. The van der Waals surface area contributed by atoms with Crippen LogP contribution in [0.25, 0.3) is 0 Å². The van der Waals surface area contributed by atoms with Gasteiger partial charge < -0.3 is 10.4 Å². The molecule has 2 atom stereocenters. The van der Waals surface area contributed by atoms with E-state index in [1.165, 1.54) is 12.8 Å². The van der Waals surface area contributed by atoms with Gasteiger partial charge in [-0.05, 0) is 35.7 Å². The van der Waals surface area contributed by atoms with E-state index in [0.717, 1.165) is 35.5 Å². The summed E-state index contributed by atoms with van der Waals surface area (Å²) in [6.45, 7) is 1.86. The topological polar surface area (TPSA) is 58.0 Å². The van der Waals surface area contributed by atoms with Crippen LogP contribution in [0, 0.1) is 6.92 Å². The monoisotopic (exact) mass is 299 g/mol. The lowest BCUT2D eigenvalue weighted by atomic mass is 10.1. The summed E-state index contributed by atoms with van der Waals surface area (Å²) in [5, 5.41) is 13.4.